The lowest BCUT2D eigenvalue weighted by atomic mass is 9.92. The average molecular weight is 376 g/mol. The maximum atomic E-state index is 11.0. The van der Waals surface area contributed by atoms with E-state index in [0.717, 1.165) is 48.1 Å². The molecule has 1 heterocycles. The summed E-state index contributed by atoms with van der Waals surface area (Å²) in [5.41, 5.74) is 4.72. The number of amides is 1. The molecule has 120 valence electrons. The summed E-state index contributed by atoms with van der Waals surface area (Å²) in [7, 11) is 0. The fraction of sp³-hybridized carbons (Fsp3) is 0.412. The van der Waals surface area contributed by atoms with Crippen LogP contribution in [0.3, 0.4) is 0 Å². The molecule has 2 aliphatic rings. The van der Waals surface area contributed by atoms with Crippen molar-refractivity contribution in [1.82, 2.24) is 15.3 Å². The minimum atomic E-state index is -0.951. The van der Waals surface area contributed by atoms with E-state index < -0.39 is 6.09 Å². The third kappa shape index (κ3) is 2.65. The molecule has 1 amide bonds. The maximum absolute atomic E-state index is 11.0. The Morgan fingerprint density at radius 2 is 2.22 bits per heavy atom. The van der Waals surface area contributed by atoms with Crippen molar-refractivity contribution in [1.29, 1.82) is 0 Å². The van der Waals surface area contributed by atoms with Gasteiger partial charge < -0.3 is 15.4 Å². The van der Waals surface area contributed by atoms with Gasteiger partial charge in [0.05, 0.1) is 5.69 Å². The number of imidazole rings is 1. The molecule has 1 saturated carbocycles. The van der Waals surface area contributed by atoms with E-state index in [1.165, 1.54) is 16.8 Å². The number of nitrogens with zero attached hydrogens (tertiary/aromatic N) is 1. The van der Waals surface area contributed by atoms with E-state index in [1.54, 1.807) is 0 Å². The number of rotatable bonds is 2. The first-order valence-corrected chi connectivity index (χ1v) is 8.78. The van der Waals surface area contributed by atoms with Crippen LogP contribution in [0.5, 0.6) is 0 Å². The lowest BCUT2D eigenvalue weighted by Crippen LogP contribution is -2.35. The van der Waals surface area contributed by atoms with E-state index in [-0.39, 0.29) is 12.0 Å². The summed E-state index contributed by atoms with van der Waals surface area (Å²) < 4.78 is 1.09. The smallest absolute Gasteiger partial charge is 0.404 e. The van der Waals surface area contributed by atoms with Gasteiger partial charge in [-0.1, -0.05) is 28.4 Å². The fourth-order valence-corrected chi connectivity index (χ4v) is 4.30. The average Bonchev–Trinajstić information content (AvgIpc) is 3.12. The number of aryl methyl sites for hydroxylation is 2. The molecular formula is C17H18BrN3O2. The van der Waals surface area contributed by atoms with Crippen LogP contribution in [0.2, 0.25) is 0 Å². The SMILES string of the molecule is O=C(O)N[C@H]1CCC[C@H]1c1nc2c([nH]1)CCc1cc(Br)ccc1-2. The van der Waals surface area contributed by atoms with Gasteiger partial charge in [0.1, 0.15) is 5.82 Å². The van der Waals surface area contributed by atoms with Gasteiger partial charge >= 0.3 is 6.09 Å². The molecule has 0 aliphatic heterocycles. The Balaban J connectivity index is 1.69. The van der Waals surface area contributed by atoms with Crippen LogP contribution in [0.4, 0.5) is 4.79 Å². The van der Waals surface area contributed by atoms with Gasteiger partial charge in [-0.25, -0.2) is 9.78 Å². The van der Waals surface area contributed by atoms with Crippen molar-refractivity contribution in [3.63, 3.8) is 0 Å². The Bertz CT molecular complexity index is 771. The Labute approximate surface area is 142 Å². The molecule has 0 radical (unpaired) electrons. The highest BCUT2D eigenvalue weighted by Gasteiger charge is 2.33. The summed E-state index contributed by atoms with van der Waals surface area (Å²) in [6, 6.07) is 6.29. The predicted octanol–water partition coefficient (Wildman–Crippen LogP) is 3.84. The van der Waals surface area contributed by atoms with Crippen LogP contribution < -0.4 is 5.32 Å². The van der Waals surface area contributed by atoms with E-state index in [0.29, 0.717) is 0 Å². The quantitative estimate of drug-likeness (QED) is 0.745. The first-order chi connectivity index (χ1) is 11.1. The van der Waals surface area contributed by atoms with E-state index in [2.05, 4.69) is 38.4 Å². The van der Waals surface area contributed by atoms with Gasteiger partial charge in [-0.05, 0) is 43.4 Å². The number of hydrogen-bond donors (Lipinski definition) is 3. The highest BCUT2D eigenvalue weighted by Crippen LogP contribution is 2.38. The van der Waals surface area contributed by atoms with Crippen LogP contribution >= 0.6 is 15.9 Å². The fourth-order valence-electron chi connectivity index (χ4n) is 3.89. The van der Waals surface area contributed by atoms with E-state index in [4.69, 9.17) is 10.1 Å². The topological polar surface area (TPSA) is 78.0 Å². The lowest BCUT2D eigenvalue weighted by molar-refractivity contribution is 0.188. The van der Waals surface area contributed by atoms with Crippen molar-refractivity contribution in [3.05, 3.63) is 39.8 Å². The highest BCUT2D eigenvalue weighted by atomic mass is 79.9. The molecule has 0 bridgehead atoms. The van der Waals surface area contributed by atoms with Crippen molar-refractivity contribution in [3.8, 4) is 11.3 Å². The minimum Gasteiger partial charge on any atom is -0.465 e. The second-order valence-corrected chi connectivity index (χ2v) is 7.26. The largest absolute Gasteiger partial charge is 0.465 e. The van der Waals surface area contributed by atoms with Crippen molar-refractivity contribution in [2.75, 3.05) is 0 Å². The Morgan fingerprint density at radius 1 is 1.35 bits per heavy atom. The Hall–Kier alpha value is -1.82. The first kappa shape index (κ1) is 14.8. The lowest BCUT2D eigenvalue weighted by Gasteiger charge is -2.17. The van der Waals surface area contributed by atoms with Crippen molar-refractivity contribution in [2.24, 2.45) is 0 Å². The molecule has 6 heteroatoms. The van der Waals surface area contributed by atoms with Crippen molar-refractivity contribution < 1.29 is 9.90 Å². The molecule has 1 aromatic carbocycles. The molecule has 23 heavy (non-hydrogen) atoms. The molecule has 0 unspecified atom stereocenters. The summed E-state index contributed by atoms with van der Waals surface area (Å²) in [5, 5.41) is 11.7. The molecule has 1 fully saturated rings. The molecule has 0 saturated heterocycles. The molecule has 2 aromatic rings. The summed E-state index contributed by atoms with van der Waals surface area (Å²) in [6.45, 7) is 0. The standard InChI is InChI=1S/C17H18BrN3O2/c18-10-5-6-11-9(8-10)4-7-14-15(11)21-16(19-14)12-2-1-3-13(12)20-17(22)23/h5-6,8,12-13,20H,1-4,7H2,(H,19,21)(H,22,23)/t12-,13+/m1/s1. The third-order valence-electron chi connectivity index (χ3n) is 4.94. The van der Waals surface area contributed by atoms with Crippen LogP contribution in [-0.4, -0.2) is 27.2 Å². The molecule has 5 nitrogen and oxygen atoms in total. The highest BCUT2D eigenvalue weighted by molar-refractivity contribution is 9.10. The van der Waals surface area contributed by atoms with Gasteiger partial charge in [0, 0.05) is 27.7 Å². The number of benzene rings is 1. The Kier molecular flexibility index (Phi) is 3.64. The summed E-state index contributed by atoms with van der Waals surface area (Å²) in [6.07, 6.45) is 3.90. The number of fused-ring (bicyclic) bond motifs is 3. The molecule has 4 rings (SSSR count). The van der Waals surface area contributed by atoms with Crippen LogP contribution in [0.1, 0.15) is 42.3 Å². The van der Waals surface area contributed by atoms with Crippen LogP contribution in [0.15, 0.2) is 22.7 Å². The van der Waals surface area contributed by atoms with Gasteiger partial charge in [-0.15, -0.1) is 0 Å². The zero-order valence-electron chi connectivity index (χ0n) is 12.6. The van der Waals surface area contributed by atoms with Crippen molar-refractivity contribution in [2.45, 2.75) is 44.1 Å². The molecule has 3 N–H and O–H groups in total. The van der Waals surface area contributed by atoms with E-state index in [1.807, 2.05) is 6.07 Å². The second kappa shape index (κ2) is 5.67. The van der Waals surface area contributed by atoms with Crippen LogP contribution in [0.25, 0.3) is 11.3 Å². The number of halogens is 1. The van der Waals surface area contributed by atoms with E-state index >= 15 is 0 Å². The van der Waals surface area contributed by atoms with Crippen LogP contribution in [-0.2, 0) is 12.8 Å². The second-order valence-electron chi connectivity index (χ2n) is 6.34. The molecule has 0 spiro atoms. The first-order valence-electron chi connectivity index (χ1n) is 7.99. The third-order valence-corrected chi connectivity index (χ3v) is 5.43. The maximum Gasteiger partial charge on any atom is 0.404 e. The van der Waals surface area contributed by atoms with Gasteiger partial charge in [0.25, 0.3) is 0 Å². The van der Waals surface area contributed by atoms with Crippen molar-refractivity contribution >= 4 is 22.0 Å². The molecule has 2 atom stereocenters. The summed E-state index contributed by atoms with van der Waals surface area (Å²) in [5.74, 6) is 1.08. The monoisotopic (exact) mass is 375 g/mol. The van der Waals surface area contributed by atoms with Crippen LogP contribution in [0, 0.1) is 0 Å². The molecule has 1 aromatic heterocycles. The number of nitrogens with one attached hydrogen (secondary N) is 2. The predicted molar refractivity (Wildman–Crippen MR) is 90.7 cm³/mol. The zero-order chi connectivity index (χ0) is 16.0. The summed E-state index contributed by atoms with van der Waals surface area (Å²) >= 11 is 3.53. The number of carboxylic acid groups (broad SMARTS) is 1. The molecule has 2 aliphatic carbocycles. The number of carbonyl (C=O) groups is 1. The number of aromatic amines is 1. The van der Waals surface area contributed by atoms with Gasteiger partial charge in [-0.2, -0.15) is 0 Å². The summed E-state index contributed by atoms with van der Waals surface area (Å²) in [4.78, 5) is 19.3. The molecular weight excluding hydrogens is 358 g/mol. The number of hydrogen-bond acceptors (Lipinski definition) is 2. The van der Waals surface area contributed by atoms with Gasteiger partial charge in [0.2, 0.25) is 0 Å². The normalized spacial score (nSPS) is 22.5. The number of H-pyrrole nitrogens is 1. The zero-order valence-corrected chi connectivity index (χ0v) is 14.2. The van der Waals surface area contributed by atoms with E-state index in [9.17, 15) is 4.79 Å². The van der Waals surface area contributed by atoms with Gasteiger partial charge in [-0.3, -0.25) is 0 Å². The Morgan fingerprint density at radius 3 is 3.04 bits per heavy atom. The minimum absolute atomic E-state index is 0.0375. The number of aromatic nitrogens is 2. The van der Waals surface area contributed by atoms with Gasteiger partial charge in [0.15, 0.2) is 0 Å².